The molecule has 1 aliphatic rings. The number of hydrogen-bond acceptors (Lipinski definition) is 7. The van der Waals surface area contributed by atoms with Gasteiger partial charge < -0.3 is 0 Å². The molecule has 0 spiro atoms. The second-order valence-corrected chi connectivity index (χ2v) is 13.4. The van der Waals surface area contributed by atoms with Crippen molar-refractivity contribution in [2.75, 3.05) is 0 Å². The number of fused-ring (bicyclic) bond motifs is 1. The van der Waals surface area contributed by atoms with Crippen molar-refractivity contribution in [2.45, 2.75) is 36.5 Å². The zero-order chi connectivity index (χ0) is 30.0. The third-order valence-corrected chi connectivity index (χ3v) is 11.7. The molecule has 1 aliphatic heterocycles. The number of benzene rings is 1. The van der Waals surface area contributed by atoms with Crippen LogP contribution in [0.3, 0.4) is 0 Å². The third-order valence-electron chi connectivity index (χ3n) is 3.94. The van der Waals surface area contributed by atoms with Gasteiger partial charge in [0.05, 0.1) is 0 Å². The summed E-state index contributed by atoms with van der Waals surface area (Å²) in [6.45, 7) is 0. The number of halogens is 16. The SMILES string of the molecule is O=C(OI1(OC(=O)C(F)(F)F)(OC(=O)C(F)(F)F)OC(C(F)(F)F)(C(F)(F)F)c2ccccc21)C(F)(F)F. The Morgan fingerprint density at radius 3 is 1.21 bits per heavy atom. The molecule has 0 saturated heterocycles. The monoisotopic (exact) mass is 708 g/mol. The Bertz CT molecular complexity index is 1060. The van der Waals surface area contributed by atoms with Gasteiger partial charge in [-0.15, -0.1) is 0 Å². The van der Waals surface area contributed by atoms with E-state index in [0.29, 0.717) is 0 Å². The molecular formula is C15H4F15IO7. The van der Waals surface area contributed by atoms with Gasteiger partial charge in [0.15, 0.2) is 0 Å². The first-order valence-corrected chi connectivity index (χ1v) is 13.0. The molecule has 0 unspecified atom stereocenters. The molecule has 1 aromatic rings. The summed E-state index contributed by atoms with van der Waals surface area (Å²) >= 11 is -10.1. The molecule has 218 valence electrons. The van der Waals surface area contributed by atoms with Crippen molar-refractivity contribution in [3.63, 3.8) is 0 Å². The van der Waals surface area contributed by atoms with Crippen molar-refractivity contribution in [3.05, 3.63) is 33.4 Å². The second kappa shape index (κ2) is 8.64. The predicted molar refractivity (Wildman–Crippen MR) is 90.5 cm³/mol. The van der Waals surface area contributed by atoms with Gasteiger partial charge in [0.2, 0.25) is 0 Å². The van der Waals surface area contributed by atoms with Crippen molar-refractivity contribution >= 4 is 36.6 Å². The normalized spacial score (nSPS) is 19.9. The number of hydrogen-bond donors (Lipinski definition) is 0. The molecule has 7 nitrogen and oxygen atoms in total. The van der Waals surface area contributed by atoms with Crippen LogP contribution in [0.25, 0.3) is 0 Å². The van der Waals surface area contributed by atoms with Crippen molar-refractivity contribution in [1.29, 1.82) is 0 Å². The average molecular weight is 708 g/mol. The maximum atomic E-state index is 13.9. The molecule has 0 aliphatic carbocycles. The Kier molecular flexibility index (Phi) is 7.16. The van der Waals surface area contributed by atoms with Gasteiger partial charge in [-0.1, -0.05) is 0 Å². The minimum absolute atomic E-state index is 0.177. The number of carbonyl (C=O) groups is 3. The van der Waals surface area contributed by atoms with E-state index in [0.717, 1.165) is 0 Å². The summed E-state index contributed by atoms with van der Waals surface area (Å²) in [5.74, 6) is -12.5. The van der Waals surface area contributed by atoms with Crippen molar-refractivity contribution < 1.29 is 92.5 Å². The molecule has 0 amide bonds. The van der Waals surface area contributed by atoms with Gasteiger partial charge in [-0.3, -0.25) is 0 Å². The number of carbonyl (C=O) groups excluding carboxylic acids is 3. The summed E-state index contributed by atoms with van der Waals surface area (Å²) in [5.41, 5.74) is -8.94. The van der Waals surface area contributed by atoms with Gasteiger partial charge in [-0.2, -0.15) is 0 Å². The van der Waals surface area contributed by atoms with Gasteiger partial charge in [0, 0.05) is 0 Å². The van der Waals surface area contributed by atoms with Gasteiger partial charge in [0.1, 0.15) is 0 Å². The molecule has 0 fully saturated rings. The minimum atomic E-state index is -10.1. The van der Waals surface area contributed by atoms with Crippen molar-refractivity contribution in [3.8, 4) is 0 Å². The van der Waals surface area contributed by atoms with Crippen LogP contribution in [0.15, 0.2) is 24.3 Å². The summed E-state index contributed by atoms with van der Waals surface area (Å²) in [7, 11) is 0. The fourth-order valence-electron chi connectivity index (χ4n) is 2.57. The zero-order valence-corrected chi connectivity index (χ0v) is 18.9. The Morgan fingerprint density at radius 2 is 0.921 bits per heavy atom. The van der Waals surface area contributed by atoms with E-state index in [1.807, 2.05) is 0 Å². The summed E-state index contributed by atoms with van der Waals surface area (Å²) in [5, 5.41) is 0. The molecule has 1 heterocycles. The maximum absolute atomic E-state index is 13.9. The summed E-state index contributed by atoms with van der Waals surface area (Å²) in [4.78, 5) is 34.6. The second-order valence-electron chi connectivity index (χ2n) is 6.51. The van der Waals surface area contributed by atoms with E-state index in [1.165, 1.54) is 0 Å². The molecule has 23 heteroatoms. The summed E-state index contributed by atoms with van der Waals surface area (Å²) in [6, 6.07) is -0.408. The number of rotatable bonds is 3. The first-order valence-electron chi connectivity index (χ1n) is 8.40. The van der Waals surface area contributed by atoms with Crippen LogP contribution in [0.5, 0.6) is 0 Å². The summed E-state index contributed by atoms with van der Waals surface area (Å²) < 4.78 is 211. The molecule has 0 aromatic heterocycles. The number of alkyl halides is 15. The Balaban J connectivity index is 3.22. The predicted octanol–water partition coefficient (Wildman–Crippen LogP) is 5.76. The Hall–Kier alpha value is -2.73. The molecule has 1 aromatic carbocycles. The molecule has 38 heavy (non-hydrogen) atoms. The van der Waals surface area contributed by atoms with E-state index >= 15 is 0 Å². The van der Waals surface area contributed by atoms with E-state index in [1.54, 1.807) is 0 Å². The first-order chi connectivity index (χ1) is 16.6. The van der Waals surface area contributed by atoms with Crippen LogP contribution in [-0.4, -0.2) is 48.8 Å². The molecular weight excluding hydrogens is 704 g/mol. The van der Waals surface area contributed by atoms with Crippen LogP contribution in [0.4, 0.5) is 65.9 Å². The first kappa shape index (κ1) is 31.5. The van der Waals surface area contributed by atoms with E-state index in [4.69, 9.17) is 0 Å². The quantitative estimate of drug-likeness (QED) is 0.292. The molecule has 0 radical (unpaired) electrons. The van der Waals surface area contributed by atoms with Gasteiger partial charge >= 0.3 is 199 Å². The standard InChI is InChI=1S/C15H4F15IO7/c16-11(17,18)7(32)35-31(36-8(33)12(19,20)21,37-9(34)13(22,23)24)6-4-2-1-3-5(6)10(38-31,14(25,26)27)15(28,29)30/h1-4H. The van der Waals surface area contributed by atoms with Crippen LogP contribution < -0.4 is 0 Å². The van der Waals surface area contributed by atoms with Crippen molar-refractivity contribution in [2.24, 2.45) is 0 Å². The fraction of sp³-hybridized carbons (Fsp3) is 0.400. The fourth-order valence-corrected chi connectivity index (χ4v) is 11.1. The van der Waals surface area contributed by atoms with Gasteiger partial charge in [-0.05, 0) is 0 Å². The van der Waals surface area contributed by atoms with Crippen LogP contribution in [0.1, 0.15) is 5.56 Å². The van der Waals surface area contributed by atoms with E-state index in [-0.39, 0.29) is 18.2 Å². The molecule has 2 rings (SSSR count). The Labute approximate surface area is 199 Å². The average Bonchev–Trinajstić information content (AvgIpc) is 2.94. The molecule has 0 atom stereocenters. The molecule has 0 bridgehead atoms. The Morgan fingerprint density at radius 1 is 0.605 bits per heavy atom. The van der Waals surface area contributed by atoms with Crippen LogP contribution in [-0.2, 0) is 32.2 Å². The third kappa shape index (κ3) is 5.00. The van der Waals surface area contributed by atoms with Crippen LogP contribution in [0, 0.1) is 3.57 Å². The van der Waals surface area contributed by atoms with E-state index in [2.05, 4.69) is 12.3 Å². The molecule has 0 saturated carbocycles. The zero-order valence-electron chi connectivity index (χ0n) is 16.7. The van der Waals surface area contributed by atoms with Crippen LogP contribution in [0.2, 0.25) is 0 Å². The van der Waals surface area contributed by atoms with Gasteiger partial charge in [-0.25, -0.2) is 0 Å². The summed E-state index contributed by atoms with van der Waals surface area (Å²) in [6.07, 6.45) is -34.1. The van der Waals surface area contributed by atoms with Crippen LogP contribution >= 0.6 is 18.7 Å². The van der Waals surface area contributed by atoms with E-state index < -0.39 is 88.3 Å². The van der Waals surface area contributed by atoms with Gasteiger partial charge in [0.25, 0.3) is 0 Å². The van der Waals surface area contributed by atoms with Crippen molar-refractivity contribution in [1.82, 2.24) is 0 Å². The molecule has 0 N–H and O–H groups in total. The topological polar surface area (TPSA) is 88.1 Å². The van der Waals surface area contributed by atoms with E-state index in [9.17, 15) is 80.2 Å².